The zero-order valence-corrected chi connectivity index (χ0v) is 12.6. The summed E-state index contributed by atoms with van der Waals surface area (Å²) in [6.07, 6.45) is 7.17. The van der Waals surface area contributed by atoms with Gasteiger partial charge in [-0.25, -0.2) is 0 Å². The first-order chi connectivity index (χ1) is 9.63. The zero-order valence-electron chi connectivity index (χ0n) is 11.9. The molecule has 2 rings (SSSR count). The fraction of sp³-hybridized carbons (Fsp3) is 0.562. The molecule has 0 amide bonds. The topological polar surface area (TPSA) is 46.5 Å². The maximum Gasteiger partial charge on any atom is 0.303 e. The molecule has 0 aliphatic heterocycles. The Kier molecular flexibility index (Phi) is 5.30. The number of aryl methyl sites for hydroxylation is 2. The van der Waals surface area contributed by atoms with Gasteiger partial charge >= 0.3 is 5.97 Å². The lowest BCUT2D eigenvalue weighted by molar-refractivity contribution is -0.137. The van der Waals surface area contributed by atoms with Crippen LogP contribution in [0.3, 0.4) is 0 Å². The predicted octanol–water partition coefficient (Wildman–Crippen LogP) is 4.02. The predicted molar refractivity (Wildman–Crippen MR) is 79.8 cm³/mol. The third kappa shape index (κ3) is 3.45. The summed E-state index contributed by atoms with van der Waals surface area (Å²) >= 11 is 6.50. The van der Waals surface area contributed by atoms with E-state index in [1.165, 1.54) is 30.4 Å². The Bertz CT molecular complexity index is 497. The van der Waals surface area contributed by atoms with E-state index in [2.05, 4.69) is 6.07 Å². The Balaban J connectivity index is 2.28. The van der Waals surface area contributed by atoms with Gasteiger partial charge in [-0.2, -0.15) is 0 Å². The molecule has 1 aliphatic rings. The number of hydrogen-bond acceptors (Lipinski definition) is 2. The largest absolute Gasteiger partial charge is 0.495 e. The van der Waals surface area contributed by atoms with Gasteiger partial charge in [-0.3, -0.25) is 4.79 Å². The van der Waals surface area contributed by atoms with Crippen molar-refractivity contribution in [1.29, 1.82) is 0 Å². The van der Waals surface area contributed by atoms with Crippen molar-refractivity contribution in [2.45, 2.75) is 51.4 Å². The number of fused-ring (bicyclic) bond motifs is 1. The Labute approximate surface area is 124 Å². The van der Waals surface area contributed by atoms with Gasteiger partial charge in [-0.15, -0.1) is 0 Å². The fourth-order valence-corrected chi connectivity index (χ4v) is 3.32. The number of benzene rings is 1. The van der Waals surface area contributed by atoms with E-state index in [-0.39, 0.29) is 6.42 Å². The second-order valence-electron chi connectivity index (χ2n) is 5.33. The van der Waals surface area contributed by atoms with Crippen LogP contribution >= 0.6 is 11.6 Å². The molecule has 4 heteroatoms. The third-order valence-corrected chi connectivity index (χ3v) is 4.31. The number of carboxylic acid groups (broad SMARTS) is 1. The van der Waals surface area contributed by atoms with Crippen LogP contribution in [0.4, 0.5) is 0 Å². The Hall–Kier alpha value is -1.22. The lowest BCUT2D eigenvalue weighted by Gasteiger charge is -2.16. The third-order valence-electron chi connectivity index (χ3n) is 3.91. The summed E-state index contributed by atoms with van der Waals surface area (Å²) in [6.45, 7) is 0. The summed E-state index contributed by atoms with van der Waals surface area (Å²) in [4.78, 5) is 10.6. The maximum absolute atomic E-state index is 10.6. The lowest BCUT2D eigenvalue weighted by atomic mass is 9.96. The molecular formula is C16H21ClO3. The van der Waals surface area contributed by atoms with E-state index in [0.29, 0.717) is 12.8 Å². The van der Waals surface area contributed by atoms with Gasteiger partial charge in [-0.1, -0.05) is 24.1 Å². The van der Waals surface area contributed by atoms with Crippen LogP contribution in [0, 0.1) is 0 Å². The van der Waals surface area contributed by atoms with Crippen LogP contribution in [-0.4, -0.2) is 18.2 Å². The Morgan fingerprint density at radius 1 is 1.35 bits per heavy atom. The van der Waals surface area contributed by atoms with Crippen molar-refractivity contribution in [1.82, 2.24) is 0 Å². The van der Waals surface area contributed by atoms with Crippen LogP contribution in [0.2, 0.25) is 5.02 Å². The smallest absolute Gasteiger partial charge is 0.303 e. The molecule has 110 valence electrons. The van der Waals surface area contributed by atoms with Crippen LogP contribution in [0.15, 0.2) is 6.07 Å². The van der Waals surface area contributed by atoms with Crippen molar-refractivity contribution in [2.75, 3.05) is 7.11 Å². The first-order valence-corrected chi connectivity index (χ1v) is 7.60. The van der Waals surface area contributed by atoms with Crippen LogP contribution < -0.4 is 4.74 Å². The quantitative estimate of drug-likeness (QED) is 0.835. The first kappa shape index (κ1) is 15.2. The molecule has 1 aromatic carbocycles. The molecular weight excluding hydrogens is 276 g/mol. The molecule has 1 aliphatic carbocycles. The van der Waals surface area contributed by atoms with Crippen molar-refractivity contribution in [3.8, 4) is 5.75 Å². The van der Waals surface area contributed by atoms with Crippen LogP contribution in [0.25, 0.3) is 0 Å². The molecule has 0 saturated carbocycles. The van der Waals surface area contributed by atoms with Gasteiger partial charge in [0, 0.05) is 6.42 Å². The summed E-state index contributed by atoms with van der Waals surface area (Å²) in [5, 5.41) is 9.48. The highest BCUT2D eigenvalue weighted by Gasteiger charge is 2.18. The molecule has 0 atom stereocenters. The van der Waals surface area contributed by atoms with E-state index < -0.39 is 5.97 Å². The van der Waals surface area contributed by atoms with E-state index in [0.717, 1.165) is 29.2 Å². The summed E-state index contributed by atoms with van der Waals surface area (Å²) in [6, 6.07) is 2.17. The molecule has 1 aromatic rings. The monoisotopic (exact) mass is 296 g/mol. The summed E-state index contributed by atoms with van der Waals surface area (Å²) in [5.41, 5.74) is 3.58. The number of rotatable bonds is 5. The normalized spacial score (nSPS) is 14.5. The fourth-order valence-electron chi connectivity index (χ4n) is 2.91. The Morgan fingerprint density at radius 3 is 2.80 bits per heavy atom. The van der Waals surface area contributed by atoms with Crippen molar-refractivity contribution in [3.05, 3.63) is 27.8 Å². The molecule has 1 N–H and O–H groups in total. The highest BCUT2D eigenvalue weighted by molar-refractivity contribution is 6.33. The van der Waals surface area contributed by atoms with Gasteiger partial charge in [0.1, 0.15) is 5.75 Å². The molecule has 3 nitrogen and oxygen atoms in total. The SMILES string of the molecule is COc1c(CCCC(=O)O)cc2c(c1Cl)CCCCC2. The second kappa shape index (κ2) is 6.98. The van der Waals surface area contributed by atoms with E-state index >= 15 is 0 Å². The van der Waals surface area contributed by atoms with Gasteiger partial charge in [0.2, 0.25) is 0 Å². The number of hydrogen-bond donors (Lipinski definition) is 1. The number of carboxylic acids is 1. The first-order valence-electron chi connectivity index (χ1n) is 7.22. The van der Waals surface area contributed by atoms with E-state index in [4.69, 9.17) is 21.4 Å². The summed E-state index contributed by atoms with van der Waals surface area (Å²) < 4.78 is 5.46. The number of aliphatic carboxylic acids is 1. The number of halogens is 1. The standard InChI is InChI=1S/C16H21ClO3/c1-20-16-12(7-5-9-14(18)19)10-11-6-3-2-4-8-13(11)15(16)17/h10H,2-9H2,1H3,(H,18,19). The summed E-state index contributed by atoms with van der Waals surface area (Å²) in [7, 11) is 1.63. The maximum atomic E-state index is 10.6. The van der Waals surface area contributed by atoms with E-state index in [1.807, 2.05) is 0 Å². The second-order valence-corrected chi connectivity index (χ2v) is 5.71. The minimum absolute atomic E-state index is 0.178. The van der Waals surface area contributed by atoms with Crippen molar-refractivity contribution in [3.63, 3.8) is 0 Å². The molecule has 0 spiro atoms. The number of ether oxygens (including phenoxy) is 1. The number of carbonyl (C=O) groups is 1. The van der Waals surface area contributed by atoms with E-state index in [1.54, 1.807) is 7.11 Å². The molecule has 0 saturated heterocycles. The van der Waals surface area contributed by atoms with Gasteiger partial charge < -0.3 is 9.84 Å². The molecule has 0 heterocycles. The average Bonchev–Trinajstić information content (AvgIpc) is 2.64. The lowest BCUT2D eigenvalue weighted by Crippen LogP contribution is -2.02. The van der Waals surface area contributed by atoms with Crippen molar-refractivity contribution >= 4 is 17.6 Å². The zero-order chi connectivity index (χ0) is 14.5. The minimum atomic E-state index is -0.759. The molecule has 0 radical (unpaired) electrons. The molecule has 20 heavy (non-hydrogen) atoms. The van der Waals surface area contributed by atoms with Gasteiger partial charge in [0.15, 0.2) is 0 Å². The summed E-state index contributed by atoms with van der Waals surface area (Å²) in [5.74, 6) is -0.0254. The molecule has 0 fully saturated rings. The highest BCUT2D eigenvalue weighted by atomic mass is 35.5. The van der Waals surface area contributed by atoms with Gasteiger partial charge in [-0.05, 0) is 55.2 Å². The van der Waals surface area contributed by atoms with Crippen molar-refractivity contribution < 1.29 is 14.6 Å². The van der Waals surface area contributed by atoms with Crippen molar-refractivity contribution in [2.24, 2.45) is 0 Å². The Morgan fingerprint density at radius 2 is 2.10 bits per heavy atom. The van der Waals surface area contributed by atoms with Crippen LogP contribution in [-0.2, 0) is 24.1 Å². The number of methoxy groups -OCH3 is 1. The molecule has 0 aromatic heterocycles. The van der Waals surface area contributed by atoms with Gasteiger partial charge in [0.05, 0.1) is 12.1 Å². The van der Waals surface area contributed by atoms with E-state index in [9.17, 15) is 4.79 Å². The van der Waals surface area contributed by atoms with Crippen LogP contribution in [0.1, 0.15) is 48.8 Å². The average molecular weight is 297 g/mol. The van der Waals surface area contributed by atoms with Crippen LogP contribution in [0.5, 0.6) is 5.75 Å². The van der Waals surface area contributed by atoms with Gasteiger partial charge in [0.25, 0.3) is 0 Å². The molecule has 0 unspecified atom stereocenters. The highest BCUT2D eigenvalue weighted by Crippen LogP contribution is 2.38. The molecule has 0 bridgehead atoms. The minimum Gasteiger partial charge on any atom is -0.495 e.